The molecule has 2 aliphatic heterocycles. The van der Waals surface area contributed by atoms with Gasteiger partial charge in [-0.25, -0.2) is 14.4 Å². The third-order valence-corrected chi connectivity index (χ3v) is 8.09. The molecule has 1 aliphatic carbocycles. The number of hydrogen-bond donors (Lipinski definition) is 2. The number of pyridine rings is 1. The van der Waals surface area contributed by atoms with Crippen molar-refractivity contribution in [3.05, 3.63) is 42.5 Å². The number of rotatable bonds is 6. The molecule has 3 aliphatic rings. The number of phenols is 1. The SMILES string of the molecule is CSc1cc(-c2ccc(-c3cnc(N(C4CC4)[C@@H]4C[C@@H]5CCC[C@H](N5)[C@@H]4F)nn3)c(O)c2)cc(F)n1. The van der Waals surface area contributed by atoms with Crippen LogP contribution in [0.1, 0.15) is 38.5 Å². The first-order chi connectivity index (χ1) is 17.5. The van der Waals surface area contributed by atoms with Gasteiger partial charge in [-0.05, 0) is 67.7 Å². The normalized spacial score (nSPS) is 25.5. The molecule has 10 heteroatoms. The standard InChI is InChI=1S/C26H28F2N6OS/c1-36-24-11-15(10-23(27)31-24)14-5-8-18(22(35)9-14)20-13-29-26(33-32-20)34(17-6-7-17)21-12-16-3-2-4-19(30-16)25(21)28/h5,8-11,13,16-17,19,21,25,30,35H,2-4,6-7,12H2,1H3/t16-,19-,21+,25-/m0/s1. The van der Waals surface area contributed by atoms with Crippen LogP contribution >= 0.6 is 11.8 Å². The van der Waals surface area contributed by atoms with Crippen LogP contribution in [0.25, 0.3) is 22.4 Å². The smallest absolute Gasteiger partial charge is 0.245 e. The van der Waals surface area contributed by atoms with Crippen LogP contribution < -0.4 is 10.2 Å². The lowest BCUT2D eigenvalue weighted by molar-refractivity contribution is 0.103. The molecule has 2 aromatic heterocycles. The highest BCUT2D eigenvalue weighted by Crippen LogP contribution is 2.39. The minimum atomic E-state index is -0.966. The number of nitrogens with zero attached hydrogens (tertiary/aromatic N) is 5. The first-order valence-electron chi connectivity index (χ1n) is 12.4. The fourth-order valence-electron chi connectivity index (χ4n) is 5.57. The highest BCUT2D eigenvalue weighted by Gasteiger charge is 2.47. The van der Waals surface area contributed by atoms with E-state index in [9.17, 15) is 9.50 Å². The molecule has 7 nitrogen and oxygen atoms in total. The van der Waals surface area contributed by atoms with Crippen LogP contribution in [0, 0.1) is 5.95 Å². The molecule has 4 heterocycles. The summed E-state index contributed by atoms with van der Waals surface area (Å²) in [6.45, 7) is 0. The van der Waals surface area contributed by atoms with Crippen molar-refractivity contribution in [2.24, 2.45) is 0 Å². The minimum absolute atomic E-state index is 0.00618. The summed E-state index contributed by atoms with van der Waals surface area (Å²) in [5.74, 6) is -0.130. The zero-order valence-electron chi connectivity index (χ0n) is 19.9. The maximum Gasteiger partial charge on any atom is 0.245 e. The number of fused-ring (bicyclic) bond motifs is 2. The lowest BCUT2D eigenvalue weighted by Crippen LogP contribution is -2.62. The van der Waals surface area contributed by atoms with Gasteiger partial charge in [0.25, 0.3) is 0 Å². The second-order valence-electron chi connectivity index (χ2n) is 9.88. The van der Waals surface area contributed by atoms with Crippen LogP contribution in [0.5, 0.6) is 5.75 Å². The third kappa shape index (κ3) is 4.52. The Labute approximate surface area is 212 Å². The van der Waals surface area contributed by atoms with Crippen LogP contribution in [0.2, 0.25) is 0 Å². The molecule has 4 atom stereocenters. The predicted octanol–water partition coefficient (Wildman–Crippen LogP) is 4.76. The van der Waals surface area contributed by atoms with Crippen LogP contribution in [0.4, 0.5) is 14.7 Å². The maximum atomic E-state index is 15.4. The van der Waals surface area contributed by atoms with E-state index in [-0.39, 0.29) is 23.9 Å². The van der Waals surface area contributed by atoms with Gasteiger partial charge in [0.15, 0.2) is 0 Å². The van der Waals surface area contributed by atoms with Crippen LogP contribution in [-0.4, -0.2) is 61.9 Å². The number of piperidine rings is 2. The number of aromatic hydroxyl groups is 1. The molecule has 1 saturated carbocycles. The minimum Gasteiger partial charge on any atom is -0.507 e. The number of phenolic OH excluding ortho intramolecular Hbond substituents is 1. The molecule has 3 fully saturated rings. The summed E-state index contributed by atoms with van der Waals surface area (Å²) in [4.78, 5) is 10.5. The lowest BCUT2D eigenvalue weighted by Gasteiger charge is -2.46. The molecule has 1 aromatic carbocycles. The van der Waals surface area contributed by atoms with Crippen molar-refractivity contribution >= 4 is 17.7 Å². The van der Waals surface area contributed by atoms with E-state index in [1.54, 1.807) is 30.5 Å². The Morgan fingerprint density at radius 2 is 1.94 bits per heavy atom. The first-order valence-corrected chi connectivity index (χ1v) is 13.7. The Morgan fingerprint density at radius 3 is 2.67 bits per heavy atom. The molecule has 0 unspecified atom stereocenters. The molecular formula is C26H28F2N6OS. The highest BCUT2D eigenvalue weighted by atomic mass is 32.2. The number of nitrogens with one attached hydrogen (secondary N) is 1. The molecule has 6 rings (SSSR count). The summed E-state index contributed by atoms with van der Waals surface area (Å²) in [7, 11) is 0. The summed E-state index contributed by atoms with van der Waals surface area (Å²) >= 11 is 1.35. The number of hydrogen-bond acceptors (Lipinski definition) is 8. The van der Waals surface area contributed by atoms with E-state index in [0.717, 1.165) is 38.5 Å². The van der Waals surface area contributed by atoms with Crippen LogP contribution in [0.15, 0.2) is 41.6 Å². The molecule has 0 radical (unpaired) electrons. The molecule has 2 N–H and O–H groups in total. The van der Waals surface area contributed by atoms with Crippen LogP contribution in [-0.2, 0) is 0 Å². The highest BCUT2D eigenvalue weighted by molar-refractivity contribution is 7.98. The Bertz CT molecular complexity index is 1260. The van der Waals surface area contributed by atoms with Gasteiger partial charge in [0.05, 0.1) is 17.3 Å². The average molecular weight is 511 g/mol. The fourth-order valence-corrected chi connectivity index (χ4v) is 5.99. The Morgan fingerprint density at radius 1 is 1.08 bits per heavy atom. The third-order valence-electron chi connectivity index (χ3n) is 7.46. The van der Waals surface area contributed by atoms with Gasteiger partial charge in [-0.1, -0.05) is 12.5 Å². The van der Waals surface area contributed by atoms with Gasteiger partial charge in [-0.3, -0.25) is 0 Å². The maximum absolute atomic E-state index is 15.4. The number of halogens is 2. The molecule has 36 heavy (non-hydrogen) atoms. The van der Waals surface area contributed by atoms with E-state index in [0.29, 0.717) is 39.4 Å². The molecule has 0 amide bonds. The number of benzene rings is 1. The summed E-state index contributed by atoms with van der Waals surface area (Å²) in [6, 6.07) is 8.43. The van der Waals surface area contributed by atoms with Crippen LogP contribution in [0.3, 0.4) is 0 Å². The second-order valence-corrected chi connectivity index (χ2v) is 10.7. The van der Waals surface area contributed by atoms with Gasteiger partial charge in [0.2, 0.25) is 11.9 Å². The van der Waals surface area contributed by atoms with Gasteiger partial charge >= 0.3 is 0 Å². The lowest BCUT2D eigenvalue weighted by atomic mass is 9.82. The zero-order valence-corrected chi connectivity index (χ0v) is 20.8. The molecule has 2 saturated heterocycles. The Balaban J connectivity index is 1.26. The van der Waals surface area contributed by atoms with E-state index < -0.39 is 12.1 Å². The molecule has 188 valence electrons. The van der Waals surface area contributed by atoms with E-state index in [4.69, 9.17) is 0 Å². The summed E-state index contributed by atoms with van der Waals surface area (Å²) in [6.07, 6.45) is 8.22. The van der Waals surface area contributed by atoms with E-state index in [2.05, 4.69) is 30.4 Å². The van der Waals surface area contributed by atoms with Gasteiger partial charge in [-0.2, -0.15) is 4.39 Å². The number of alkyl halides is 1. The fraction of sp³-hybridized carbons (Fsp3) is 0.462. The molecule has 0 spiro atoms. The molecule has 2 bridgehead atoms. The zero-order chi connectivity index (χ0) is 24.8. The van der Waals surface area contributed by atoms with Gasteiger partial charge in [0, 0.05) is 29.8 Å². The van der Waals surface area contributed by atoms with Gasteiger partial charge in [0.1, 0.15) is 17.6 Å². The van der Waals surface area contributed by atoms with Crippen molar-refractivity contribution in [3.63, 3.8) is 0 Å². The first kappa shape index (κ1) is 23.5. The van der Waals surface area contributed by atoms with Crippen molar-refractivity contribution in [1.82, 2.24) is 25.5 Å². The van der Waals surface area contributed by atoms with E-state index in [1.165, 1.54) is 17.8 Å². The van der Waals surface area contributed by atoms with E-state index >= 15 is 4.39 Å². The Kier molecular flexibility index (Phi) is 6.25. The number of aromatic nitrogens is 4. The molecule has 3 aromatic rings. The second kappa shape index (κ2) is 9.55. The van der Waals surface area contributed by atoms with Crippen molar-refractivity contribution in [3.8, 4) is 28.1 Å². The predicted molar refractivity (Wildman–Crippen MR) is 135 cm³/mol. The quantitative estimate of drug-likeness (QED) is 0.363. The van der Waals surface area contributed by atoms with Crippen molar-refractivity contribution in [2.45, 2.75) is 73.9 Å². The summed E-state index contributed by atoms with van der Waals surface area (Å²) < 4.78 is 29.3. The van der Waals surface area contributed by atoms with Crippen molar-refractivity contribution in [1.29, 1.82) is 0 Å². The van der Waals surface area contributed by atoms with Crippen molar-refractivity contribution in [2.75, 3.05) is 11.2 Å². The van der Waals surface area contributed by atoms with Gasteiger partial charge < -0.3 is 15.3 Å². The summed E-state index contributed by atoms with van der Waals surface area (Å²) in [5.41, 5.74) is 2.18. The van der Waals surface area contributed by atoms with E-state index in [1.807, 2.05) is 6.26 Å². The average Bonchev–Trinajstić information content (AvgIpc) is 3.73. The Hall–Kier alpha value is -2.85. The molecular weight excluding hydrogens is 482 g/mol. The number of anilines is 1. The van der Waals surface area contributed by atoms with Crippen molar-refractivity contribution < 1.29 is 13.9 Å². The number of thioether (sulfide) groups is 1. The topological polar surface area (TPSA) is 87.1 Å². The monoisotopic (exact) mass is 510 g/mol. The largest absolute Gasteiger partial charge is 0.507 e. The summed E-state index contributed by atoms with van der Waals surface area (Å²) in [5, 5.41) is 23.5. The van der Waals surface area contributed by atoms with Gasteiger partial charge in [-0.15, -0.1) is 22.0 Å².